The van der Waals surface area contributed by atoms with Crippen LogP contribution in [0.5, 0.6) is 5.75 Å². The van der Waals surface area contributed by atoms with Crippen molar-refractivity contribution in [2.75, 3.05) is 45.9 Å². The van der Waals surface area contributed by atoms with Gasteiger partial charge in [-0.15, -0.1) is 0 Å². The predicted molar refractivity (Wildman–Crippen MR) is 116 cm³/mol. The van der Waals surface area contributed by atoms with Crippen LogP contribution in [-0.2, 0) is 0 Å². The number of β-amino-alcohol motifs (C(OH)–C–C–N with tert-alkyl or cyclic N) is 1. The molecule has 1 heterocycles. The number of benzene rings is 2. The minimum Gasteiger partial charge on any atom is -0.491 e. The number of piperazine rings is 1. The maximum Gasteiger partial charge on any atom is 0.119 e. The third-order valence-electron chi connectivity index (χ3n) is 5.75. The standard InChI is InChI=1S/C24H34N2O3/c1-19-8-9-21(16-20(19)2)24(28)10-11-25-12-14-26(15-13-25)17-22(27)18-29-23-6-4-3-5-7-23/h3-9,16,22,24,27-28H,10-15,17-18H2,1-2H3. The molecule has 0 saturated carbocycles. The van der Waals surface area contributed by atoms with Crippen molar-refractivity contribution in [1.82, 2.24) is 9.80 Å². The first kappa shape index (κ1) is 21.8. The number of aliphatic hydroxyl groups excluding tert-OH is 2. The van der Waals surface area contributed by atoms with Gasteiger partial charge in [0.1, 0.15) is 18.5 Å². The Labute approximate surface area is 174 Å². The second kappa shape index (κ2) is 10.7. The third-order valence-corrected chi connectivity index (χ3v) is 5.75. The van der Waals surface area contributed by atoms with Crippen molar-refractivity contribution >= 4 is 0 Å². The molecule has 29 heavy (non-hydrogen) atoms. The van der Waals surface area contributed by atoms with E-state index in [0.717, 1.165) is 50.5 Å². The Balaban J connectivity index is 1.34. The lowest BCUT2D eigenvalue weighted by Crippen LogP contribution is -2.49. The van der Waals surface area contributed by atoms with E-state index in [4.69, 9.17) is 4.74 Å². The number of hydrogen-bond donors (Lipinski definition) is 2. The molecule has 2 N–H and O–H groups in total. The fourth-order valence-electron chi connectivity index (χ4n) is 3.70. The van der Waals surface area contributed by atoms with E-state index in [1.807, 2.05) is 36.4 Å². The summed E-state index contributed by atoms with van der Waals surface area (Å²) in [6.07, 6.45) is -0.159. The summed E-state index contributed by atoms with van der Waals surface area (Å²) in [4.78, 5) is 4.68. The van der Waals surface area contributed by atoms with E-state index in [1.165, 1.54) is 11.1 Å². The Morgan fingerprint density at radius 3 is 2.28 bits per heavy atom. The second-order valence-corrected chi connectivity index (χ2v) is 8.07. The summed E-state index contributed by atoms with van der Waals surface area (Å²) in [7, 11) is 0. The van der Waals surface area contributed by atoms with Crippen LogP contribution in [0.4, 0.5) is 0 Å². The number of rotatable bonds is 9. The minimum atomic E-state index is -0.492. The lowest BCUT2D eigenvalue weighted by molar-refractivity contribution is 0.0425. The molecule has 2 aromatic rings. The van der Waals surface area contributed by atoms with E-state index >= 15 is 0 Å². The van der Waals surface area contributed by atoms with Crippen molar-refractivity contribution in [3.05, 3.63) is 65.2 Å². The van der Waals surface area contributed by atoms with Crippen molar-refractivity contribution in [3.8, 4) is 5.75 Å². The van der Waals surface area contributed by atoms with Gasteiger partial charge in [0.15, 0.2) is 0 Å². The number of aliphatic hydroxyl groups is 2. The summed E-state index contributed by atoms with van der Waals surface area (Å²) in [6, 6.07) is 15.8. The van der Waals surface area contributed by atoms with Crippen LogP contribution in [0.1, 0.15) is 29.2 Å². The Hall–Kier alpha value is -1.92. The van der Waals surface area contributed by atoms with Crippen molar-refractivity contribution < 1.29 is 14.9 Å². The highest BCUT2D eigenvalue weighted by Gasteiger charge is 2.20. The summed E-state index contributed by atoms with van der Waals surface area (Å²) in [5, 5.41) is 20.8. The molecular formula is C24H34N2O3. The lowest BCUT2D eigenvalue weighted by Gasteiger charge is -2.35. The summed E-state index contributed by atoms with van der Waals surface area (Å²) in [5.41, 5.74) is 3.49. The van der Waals surface area contributed by atoms with Gasteiger partial charge in [-0.05, 0) is 49.1 Å². The molecule has 0 amide bonds. The van der Waals surface area contributed by atoms with Crippen LogP contribution in [0.3, 0.4) is 0 Å². The normalized spacial score (nSPS) is 17.8. The number of para-hydroxylation sites is 1. The highest BCUT2D eigenvalue weighted by Crippen LogP contribution is 2.20. The zero-order valence-electron chi connectivity index (χ0n) is 17.6. The molecule has 0 radical (unpaired) electrons. The van der Waals surface area contributed by atoms with Crippen molar-refractivity contribution in [2.45, 2.75) is 32.5 Å². The molecule has 1 saturated heterocycles. The summed E-state index contributed by atoms with van der Waals surface area (Å²) in [5.74, 6) is 0.790. The molecule has 5 heteroatoms. The highest BCUT2D eigenvalue weighted by atomic mass is 16.5. The Bertz CT molecular complexity index is 745. The average molecular weight is 399 g/mol. The van der Waals surface area contributed by atoms with Crippen LogP contribution in [-0.4, -0.2) is 72.0 Å². The van der Waals surface area contributed by atoms with Gasteiger partial charge in [0.05, 0.1) is 6.10 Å². The molecule has 2 unspecified atom stereocenters. The van der Waals surface area contributed by atoms with E-state index in [-0.39, 0.29) is 0 Å². The monoisotopic (exact) mass is 398 g/mol. The van der Waals surface area contributed by atoms with Crippen LogP contribution in [0.25, 0.3) is 0 Å². The molecule has 2 aromatic carbocycles. The van der Waals surface area contributed by atoms with Gasteiger partial charge in [-0.25, -0.2) is 0 Å². The molecule has 0 aromatic heterocycles. The Morgan fingerprint density at radius 1 is 0.897 bits per heavy atom. The van der Waals surface area contributed by atoms with Gasteiger partial charge in [0, 0.05) is 39.3 Å². The quantitative estimate of drug-likeness (QED) is 0.680. The first-order valence-corrected chi connectivity index (χ1v) is 10.6. The Kier molecular flexibility index (Phi) is 8.07. The van der Waals surface area contributed by atoms with Gasteiger partial charge < -0.3 is 19.8 Å². The van der Waals surface area contributed by atoms with E-state index in [2.05, 4.69) is 35.8 Å². The average Bonchev–Trinajstić information content (AvgIpc) is 2.74. The van der Waals surface area contributed by atoms with Gasteiger partial charge in [0.25, 0.3) is 0 Å². The molecule has 5 nitrogen and oxygen atoms in total. The number of hydrogen-bond acceptors (Lipinski definition) is 5. The van der Waals surface area contributed by atoms with Crippen molar-refractivity contribution in [3.63, 3.8) is 0 Å². The van der Waals surface area contributed by atoms with Crippen LogP contribution in [0, 0.1) is 13.8 Å². The van der Waals surface area contributed by atoms with Crippen molar-refractivity contribution in [1.29, 1.82) is 0 Å². The Morgan fingerprint density at radius 2 is 1.59 bits per heavy atom. The van der Waals surface area contributed by atoms with E-state index < -0.39 is 12.2 Å². The van der Waals surface area contributed by atoms with Crippen LogP contribution in [0.2, 0.25) is 0 Å². The summed E-state index contributed by atoms with van der Waals surface area (Å²) >= 11 is 0. The maximum absolute atomic E-state index is 10.5. The number of nitrogens with zero attached hydrogens (tertiary/aromatic N) is 2. The first-order valence-electron chi connectivity index (χ1n) is 10.6. The van der Waals surface area contributed by atoms with Gasteiger partial charge in [0.2, 0.25) is 0 Å². The molecule has 1 fully saturated rings. The summed E-state index contributed by atoms with van der Waals surface area (Å²) in [6.45, 7) is 9.81. The van der Waals surface area contributed by atoms with E-state index in [0.29, 0.717) is 13.2 Å². The molecule has 1 aliphatic rings. The van der Waals surface area contributed by atoms with Gasteiger partial charge in [-0.1, -0.05) is 36.4 Å². The molecule has 1 aliphatic heterocycles. The molecule has 2 atom stereocenters. The van der Waals surface area contributed by atoms with Crippen molar-refractivity contribution in [2.24, 2.45) is 0 Å². The third kappa shape index (κ3) is 6.82. The van der Waals surface area contributed by atoms with Crippen LogP contribution in [0.15, 0.2) is 48.5 Å². The van der Waals surface area contributed by atoms with Gasteiger partial charge in [-0.3, -0.25) is 4.90 Å². The van der Waals surface area contributed by atoms with Gasteiger partial charge in [-0.2, -0.15) is 0 Å². The lowest BCUT2D eigenvalue weighted by atomic mass is 10.0. The maximum atomic E-state index is 10.5. The smallest absolute Gasteiger partial charge is 0.119 e. The fraction of sp³-hybridized carbons (Fsp3) is 0.500. The van der Waals surface area contributed by atoms with Gasteiger partial charge >= 0.3 is 0 Å². The van der Waals surface area contributed by atoms with Crippen LogP contribution >= 0.6 is 0 Å². The van der Waals surface area contributed by atoms with E-state index in [9.17, 15) is 10.2 Å². The SMILES string of the molecule is Cc1ccc(C(O)CCN2CCN(CC(O)COc3ccccc3)CC2)cc1C. The topological polar surface area (TPSA) is 56.2 Å². The first-order chi connectivity index (χ1) is 14.0. The number of ether oxygens (including phenoxy) is 1. The molecule has 0 spiro atoms. The van der Waals surface area contributed by atoms with Crippen LogP contribution < -0.4 is 4.74 Å². The number of aryl methyl sites for hydroxylation is 2. The van der Waals surface area contributed by atoms with E-state index in [1.54, 1.807) is 0 Å². The zero-order valence-corrected chi connectivity index (χ0v) is 17.6. The molecular weight excluding hydrogens is 364 g/mol. The largest absolute Gasteiger partial charge is 0.491 e. The fourth-order valence-corrected chi connectivity index (χ4v) is 3.70. The molecule has 0 bridgehead atoms. The molecule has 0 aliphatic carbocycles. The zero-order chi connectivity index (χ0) is 20.6. The molecule has 158 valence electrons. The second-order valence-electron chi connectivity index (χ2n) is 8.07. The summed E-state index contributed by atoms with van der Waals surface area (Å²) < 4.78 is 5.64. The molecule has 3 rings (SSSR count). The minimum absolute atomic E-state index is 0.312. The highest BCUT2D eigenvalue weighted by molar-refractivity contribution is 5.31. The predicted octanol–water partition coefficient (Wildman–Crippen LogP) is 2.78.